The van der Waals surface area contributed by atoms with Crippen LogP contribution in [0.4, 0.5) is 5.69 Å². The van der Waals surface area contributed by atoms with Crippen LogP contribution in [-0.2, 0) is 4.79 Å². The number of rotatable bonds is 3. The van der Waals surface area contributed by atoms with Crippen molar-refractivity contribution in [3.05, 3.63) is 28.8 Å². The average Bonchev–Trinajstić information content (AvgIpc) is 2.94. The second-order valence-electron chi connectivity index (χ2n) is 7.85. The third-order valence-electron chi connectivity index (χ3n) is 5.85. The van der Waals surface area contributed by atoms with Gasteiger partial charge in [-0.2, -0.15) is 5.26 Å². The summed E-state index contributed by atoms with van der Waals surface area (Å²) in [5.41, 5.74) is 1.54. The fourth-order valence-electron chi connectivity index (χ4n) is 4.11. The van der Waals surface area contributed by atoms with Crippen LogP contribution in [0.25, 0.3) is 0 Å². The van der Waals surface area contributed by atoms with E-state index in [1.54, 1.807) is 6.07 Å². The first kappa shape index (κ1) is 20.0. The molecule has 6 heteroatoms. The van der Waals surface area contributed by atoms with Gasteiger partial charge in [-0.3, -0.25) is 9.69 Å². The first-order valence-electron chi connectivity index (χ1n) is 9.97. The van der Waals surface area contributed by atoms with Crippen molar-refractivity contribution in [3.8, 4) is 6.07 Å². The summed E-state index contributed by atoms with van der Waals surface area (Å²) in [5.74, 6) is 0.457. The molecule has 0 aromatic heterocycles. The van der Waals surface area contributed by atoms with Gasteiger partial charge in [0.15, 0.2) is 0 Å². The number of hydrogen-bond donors (Lipinski definition) is 0. The van der Waals surface area contributed by atoms with Crippen molar-refractivity contribution < 1.29 is 4.79 Å². The lowest BCUT2D eigenvalue weighted by molar-refractivity contribution is -0.136. The highest BCUT2D eigenvalue weighted by molar-refractivity contribution is 6.32. The number of carbonyl (C=O) groups is 1. The molecule has 0 aliphatic carbocycles. The number of nitriles is 1. The first-order chi connectivity index (χ1) is 13.0. The molecule has 1 aromatic rings. The summed E-state index contributed by atoms with van der Waals surface area (Å²) in [6, 6.07) is 8.21. The molecule has 146 valence electrons. The van der Waals surface area contributed by atoms with Crippen molar-refractivity contribution in [3.63, 3.8) is 0 Å². The number of benzene rings is 1. The van der Waals surface area contributed by atoms with E-state index < -0.39 is 0 Å². The molecule has 2 aliphatic rings. The average molecular weight is 389 g/mol. The molecule has 0 bridgehead atoms. The summed E-state index contributed by atoms with van der Waals surface area (Å²) in [7, 11) is 0. The Balaban J connectivity index is 1.55. The number of carbonyl (C=O) groups excluding carboxylic acids is 1. The minimum atomic E-state index is 0.126. The van der Waals surface area contributed by atoms with Crippen LogP contribution in [0, 0.1) is 17.2 Å². The fourth-order valence-corrected chi connectivity index (χ4v) is 4.33. The van der Waals surface area contributed by atoms with Gasteiger partial charge in [-0.25, -0.2) is 0 Å². The monoisotopic (exact) mass is 388 g/mol. The summed E-state index contributed by atoms with van der Waals surface area (Å²) < 4.78 is 0. The minimum Gasteiger partial charge on any atom is -0.371 e. The molecule has 0 N–H and O–H groups in total. The number of hydrogen-bond acceptors (Lipinski definition) is 4. The highest BCUT2D eigenvalue weighted by Crippen LogP contribution is 2.28. The third kappa shape index (κ3) is 4.75. The molecule has 1 amide bonds. The van der Waals surface area contributed by atoms with Crippen molar-refractivity contribution in [1.82, 2.24) is 9.80 Å². The fraction of sp³-hybridized carbons (Fsp3) is 0.619. The molecule has 5 nitrogen and oxygen atoms in total. The van der Waals surface area contributed by atoms with Crippen LogP contribution in [0.3, 0.4) is 0 Å². The number of halogens is 1. The van der Waals surface area contributed by atoms with E-state index in [1.807, 2.05) is 12.1 Å². The maximum absolute atomic E-state index is 13.0. The molecule has 2 aliphatic heterocycles. The molecule has 0 spiro atoms. The van der Waals surface area contributed by atoms with Crippen molar-refractivity contribution in [2.75, 3.05) is 44.2 Å². The maximum atomic E-state index is 13.0. The second-order valence-corrected chi connectivity index (χ2v) is 8.25. The van der Waals surface area contributed by atoms with Gasteiger partial charge < -0.3 is 9.80 Å². The topological polar surface area (TPSA) is 50.6 Å². The predicted molar refractivity (Wildman–Crippen MR) is 109 cm³/mol. The van der Waals surface area contributed by atoms with Gasteiger partial charge >= 0.3 is 0 Å². The van der Waals surface area contributed by atoms with E-state index >= 15 is 0 Å². The van der Waals surface area contributed by atoms with Crippen LogP contribution < -0.4 is 4.90 Å². The molecular formula is C21H29ClN4O. The van der Waals surface area contributed by atoms with Crippen LogP contribution in [0.15, 0.2) is 18.2 Å². The Kier molecular flexibility index (Phi) is 6.62. The minimum absolute atomic E-state index is 0.126. The lowest BCUT2D eigenvalue weighted by Gasteiger charge is -2.35. The molecule has 2 fully saturated rings. The van der Waals surface area contributed by atoms with E-state index in [9.17, 15) is 4.79 Å². The van der Waals surface area contributed by atoms with Crippen LogP contribution in [0.2, 0.25) is 5.02 Å². The molecule has 1 aromatic carbocycles. The second kappa shape index (κ2) is 8.95. The molecule has 2 heterocycles. The Bertz CT molecular complexity index is 707. The van der Waals surface area contributed by atoms with Crippen LogP contribution >= 0.6 is 11.6 Å². The number of piperidine rings is 1. The van der Waals surface area contributed by atoms with Crippen LogP contribution in [0.1, 0.15) is 38.7 Å². The summed E-state index contributed by atoms with van der Waals surface area (Å²) in [6.07, 6.45) is 2.81. The number of amides is 1. The summed E-state index contributed by atoms with van der Waals surface area (Å²) in [5, 5.41) is 9.51. The molecule has 27 heavy (non-hydrogen) atoms. The van der Waals surface area contributed by atoms with Gasteiger partial charge in [-0.05, 0) is 51.3 Å². The van der Waals surface area contributed by atoms with Crippen LogP contribution in [0.5, 0.6) is 0 Å². The van der Waals surface area contributed by atoms with Gasteiger partial charge in [0.25, 0.3) is 0 Å². The number of anilines is 1. The van der Waals surface area contributed by atoms with Crippen molar-refractivity contribution in [1.29, 1.82) is 5.26 Å². The van der Waals surface area contributed by atoms with E-state index in [1.165, 1.54) is 0 Å². The van der Waals surface area contributed by atoms with E-state index in [-0.39, 0.29) is 5.92 Å². The lowest BCUT2D eigenvalue weighted by Crippen LogP contribution is -2.44. The van der Waals surface area contributed by atoms with Gasteiger partial charge in [0.05, 0.1) is 10.6 Å². The van der Waals surface area contributed by atoms with Gasteiger partial charge in [0, 0.05) is 56.9 Å². The summed E-state index contributed by atoms with van der Waals surface area (Å²) in [6.45, 7) is 9.95. The molecule has 0 radical (unpaired) electrons. The molecule has 3 rings (SSSR count). The normalized spacial score (nSPS) is 19.8. The Morgan fingerprint density at radius 3 is 2.52 bits per heavy atom. The highest BCUT2D eigenvalue weighted by atomic mass is 35.5. The van der Waals surface area contributed by atoms with E-state index in [0.717, 1.165) is 64.2 Å². The van der Waals surface area contributed by atoms with Crippen molar-refractivity contribution in [2.24, 2.45) is 5.92 Å². The van der Waals surface area contributed by atoms with Crippen molar-refractivity contribution in [2.45, 2.75) is 39.2 Å². The zero-order chi connectivity index (χ0) is 19.4. The molecule has 0 saturated carbocycles. The van der Waals surface area contributed by atoms with E-state index in [0.29, 0.717) is 22.5 Å². The Morgan fingerprint density at radius 2 is 1.89 bits per heavy atom. The van der Waals surface area contributed by atoms with Gasteiger partial charge in [-0.1, -0.05) is 11.6 Å². The quantitative estimate of drug-likeness (QED) is 0.796. The highest BCUT2D eigenvalue weighted by Gasteiger charge is 2.30. The maximum Gasteiger partial charge on any atom is 0.225 e. The smallest absolute Gasteiger partial charge is 0.225 e. The van der Waals surface area contributed by atoms with Crippen LogP contribution in [-0.4, -0.2) is 61.0 Å². The lowest BCUT2D eigenvalue weighted by atomic mass is 9.94. The SMILES string of the molecule is CC(C)N1CCCN(C(=O)C2CCN(c3ccc(C#N)c(Cl)c3)CC2)CC1. The molecule has 2 saturated heterocycles. The zero-order valence-corrected chi connectivity index (χ0v) is 17.1. The Labute approximate surface area is 167 Å². The van der Waals surface area contributed by atoms with E-state index in [4.69, 9.17) is 16.9 Å². The standard InChI is InChI=1S/C21H29ClN4O/c1-16(2)24-8-3-9-26(13-12-24)21(27)17-6-10-25(11-7-17)19-5-4-18(15-23)20(22)14-19/h4-5,14,16-17H,3,6-13H2,1-2H3. The zero-order valence-electron chi connectivity index (χ0n) is 16.3. The van der Waals surface area contributed by atoms with Gasteiger partial charge in [-0.15, -0.1) is 0 Å². The molecule has 0 atom stereocenters. The Morgan fingerprint density at radius 1 is 1.15 bits per heavy atom. The van der Waals surface area contributed by atoms with Crippen molar-refractivity contribution >= 4 is 23.2 Å². The summed E-state index contributed by atoms with van der Waals surface area (Å²) in [4.78, 5) is 19.8. The van der Waals surface area contributed by atoms with Gasteiger partial charge in [0.2, 0.25) is 5.91 Å². The Hall–Kier alpha value is -1.77. The third-order valence-corrected chi connectivity index (χ3v) is 6.17. The predicted octanol–water partition coefficient (Wildman–Crippen LogP) is 3.37. The number of nitrogens with zero attached hydrogens (tertiary/aromatic N) is 4. The molecule has 0 unspecified atom stereocenters. The summed E-state index contributed by atoms with van der Waals surface area (Å²) >= 11 is 6.16. The molecular weight excluding hydrogens is 360 g/mol. The first-order valence-corrected chi connectivity index (χ1v) is 10.3. The van der Waals surface area contributed by atoms with E-state index in [2.05, 4.69) is 34.6 Å². The van der Waals surface area contributed by atoms with Gasteiger partial charge in [0.1, 0.15) is 6.07 Å². The largest absolute Gasteiger partial charge is 0.371 e.